The van der Waals surface area contributed by atoms with Crippen LogP contribution in [-0.4, -0.2) is 5.97 Å². The van der Waals surface area contributed by atoms with Gasteiger partial charge in [-0.15, -0.1) is 0 Å². The van der Waals surface area contributed by atoms with Crippen molar-refractivity contribution in [3.8, 4) is 5.75 Å². The minimum absolute atomic E-state index is 0.0266. The lowest BCUT2D eigenvalue weighted by Crippen LogP contribution is -2.20. The second-order valence-corrected chi connectivity index (χ2v) is 7.98. The second-order valence-electron chi connectivity index (χ2n) is 7.98. The van der Waals surface area contributed by atoms with E-state index in [0.29, 0.717) is 5.75 Å². The van der Waals surface area contributed by atoms with E-state index in [-0.39, 0.29) is 22.7 Å². The summed E-state index contributed by atoms with van der Waals surface area (Å²) in [6.45, 7) is 17.0. The Bertz CT molecular complexity index is 469. The fourth-order valence-electron chi connectivity index (χ4n) is 1.91. The van der Waals surface area contributed by atoms with E-state index >= 15 is 0 Å². The van der Waals surface area contributed by atoms with E-state index in [1.165, 1.54) is 11.1 Å². The van der Waals surface area contributed by atoms with Crippen molar-refractivity contribution in [3.63, 3.8) is 0 Å². The summed E-state index contributed by atoms with van der Waals surface area (Å²) in [4.78, 5) is 12.0. The van der Waals surface area contributed by atoms with Crippen LogP contribution in [0.4, 0.5) is 0 Å². The molecule has 118 valence electrons. The summed E-state index contributed by atoms with van der Waals surface area (Å²) in [5, 5.41) is 0. The molecule has 0 fully saturated rings. The Morgan fingerprint density at radius 2 is 1.43 bits per heavy atom. The van der Waals surface area contributed by atoms with Gasteiger partial charge in [0.2, 0.25) is 0 Å². The Morgan fingerprint density at radius 3 is 1.76 bits per heavy atom. The van der Waals surface area contributed by atoms with Gasteiger partial charge in [0.05, 0.1) is 5.92 Å². The summed E-state index contributed by atoms with van der Waals surface area (Å²) in [5.41, 5.74) is 2.45. The highest BCUT2D eigenvalue weighted by Crippen LogP contribution is 2.33. The van der Waals surface area contributed by atoms with E-state index in [1.54, 1.807) is 0 Å². The number of benzene rings is 1. The third-order valence-corrected chi connectivity index (χ3v) is 3.87. The molecule has 0 N–H and O–H groups in total. The first-order valence-corrected chi connectivity index (χ1v) is 7.83. The molecule has 1 aromatic carbocycles. The van der Waals surface area contributed by atoms with Gasteiger partial charge in [-0.1, -0.05) is 61.5 Å². The normalized spacial score (nSPS) is 13.9. The first kappa shape index (κ1) is 17.7. The molecule has 0 saturated heterocycles. The molecule has 0 amide bonds. The predicted octanol–water partition coefficient (Wildman–Crippen LogP) is 5.23. The molecule has 0 spiro atoms. The Morgan fingerprint density at radius 1 is 1.00 bits per heavy atom. The largest absolute Gasteiger partial charge is 0.426 e. The van der Waals surface area contributed by atoms with Crippen LogP contribution in [0.5, 0.6) is 5.75 Å². The van der Waals surface area contributed by atoms with Crippen LogP contribution in [0.1, 0.15) is 72.9 Å². The number of ether oxygens (including phenoxy) is 1. The zero-order valence-corrected chi connectivity index (χ0v) is 14.8. The predicted molar refractivity (Wildman–Crippen MR) is 88.9 cm³/mol. The van der Waals surface area contributed by atoms with Crippen LogP contribution in [0, 0.1) is 5.92 Å². The highest BCUT2D eigenvalue weighted by atomic mass is 16.5. The second kappa shape index (κ2) is 6.21. The topological polar surface area (TPSA) is 26.3 Å². The molecule has 0 bridgehead atoms. The maximum atomic E-state index is 12.0. The molecule has 1 unspecified atom stereocenters. The molecule has 1 aromatic rings. The van der Waals surface area contributed by atoms with E-state index in [4.69, 9.17) is 4.74 Å². The summed E-state index contributed by atoms with van der Waals surface area (Å²) in [6, 6.07) is 6.21. The number of esters is 1. The Kier molecular flexibility index (Phi) is 5.25. The van der Waals surface area contributed by atoms with E-state index in [0.717, 1.165) is 6.42 Å². The molecular weight excluding hydrogens is 260 g/mol. The van der Waals surface area contributed by atoms with Crippen molar-refractivity contribution in [2.75, 3.05) is 0 Å². The van der Waals surface area contributed by atoms with Gasteiger partial charge in [-0.2, -0.15) is 0 Å². The first-order valence-electron chi connectivity index (χ1n) is 7.83. The number of carbonyl (C=O) groups is 1. The number of hydrogen-bond acceptors (Lipinski definition) is 2. The van der Waals surface area contributed by atoms with Crippen molar-refractivity contribution in [2.45, 2.75) is 72.6 Å². The first-order chi connectivity index (χ1) is 9.45. The smallest absolute Gasteiger partial charge is 0.314 e. The SMILES string of the molecule is CCC(C)C(=O)Oc1cc(C(C)(C)C)cc(C(C)(C)C)c1. The molecular formula is C19H30O2. The van der Waals surface area contributed by atoms with Crippen LogP contribution < -0.4 is 4.74 Å². The van der Waals surface area contributed by atoms with Crippen molar-refractivity contribution in [3.05, 3.63) is 29.3 Å². The Labute approximate surface area is 129 Å². The van der Waals surface area contributed by atoms with E-state index < -0.39 is 0 Å². The molecule has 0 aliphatic heterocycles. The molecule has 0 aromatic heterocycles. The maximum Gasteiger partial charge on any atom is 0.314 e. The quantitative estimate of drug-likeness (QED) is 0.562. The van der Waals surface area contributed by atoms with E-state index in [1.807, 2.05) is 26.0 Å². The average molecular weight is 290 g/mol. The van der Waals surface area contributed by atoms with E-state index in [9.17, 15) is 4.79 Å². The monoisotopic (exact) mass is 290 g/mol. The highest BCUT2D eigenvalue weighted by Gasteiger charge is 2.22. The van der Waals surface area contributed by atoms with Crippen molar-refractivity contribution in [2.24, 2.45) is 5.92 Å². The minimum Gasteiger partial charge on any atom is -0.426 e. The van der Waals surface area contributed by atoms with Crippen molar-refractivity contribution in [1.82, 2.24) is 0 Å². The highest BCUT2D eigenvalue weighted by molar-refractivity contribution is 5.74. The zero-order chi connectivity index (χ0) is 16.4. The molecule has 1 rings (SSSR count). The molecule has 0 aliphatic rings. The van der Waals surface area contributed by atoms with Crippen LogP contribution >= 0.6 is 0 Å². The maximum absolute atomic E-state index is 12.0. The summed E-state index contributed by atoms with van der Waals surface area (Å²) in [7, 11) is 0. The molecule has 0 radical (unpaired) electrons. The van der Waals surface area contributed by atoms with Crippen molar-refractivity contribution in [1.29, 1.82) is 0 Å². The van der Waals surface area contributed by atoms with Gasteiger partial charge < -0.3 is 4.74 Å². The van der Waals surface area contributed by atoms with Crippen LogP contribution in [-0.2, 0) is 15.6 Å². The molecule has 21 heavy (non-hydrogen) atoms. The van der Waals surface area contributed by atoms with Crippen LogP contribution in [0.2, 0.25) is 0 Å². The van der Waals surface area contributed by atoms with Gasteiger partial charge >= 0.3 is 5.97 Å². The summed E-state index contributed by atoms with van der Waals surface area (Å²) in [5.74, 6) is 0.447. The molecule has 0 saturated carbocycles. The van der Waals surface area contributed by atoms with E-state index in [2.05, 4.69) is 47.6 Å². The fourth-order valence-corrected chi connectivity index (χ4v) is 1.91. The Balaban J connectivity index is 3.23. The van der Waals surface area contributed by atoms with Crippen molar-refractivity contribution >= 4 is 5.97 Å². The van der Waals surface area contributed by atoms with Gasteiger partial charge in [0.15, 0.2) is 0 Å². The molecule has 0 aliphatic carbocycles. The number of hydrogen-bond donors (Lipinski definition) is 0. The summed E-state index contributed by atoms with van der Waals surface area (Å²) < 4.78 is 5.60. The lowest BCUT2D eigenvalue weighted by atomic mass is 9.80. The summed E-state index contributed by atoms with van der Waals surface area (Å²) >= 11 is 0. The lowest BCUT2D eigenvalue weighted by molar-refractivity contribution is -0.138. The van der Waals surface area contributed by atoms with Gasteiger partial charge in [-0.05, 0) is 40.5 Å². The number of carbonyl (C=O) groups excluding carboxylic acids is 1. The standard InChI is InChI=1S/C19H30O2/c1-9-13(2)17(20)21-16-11-14(18(3,4)5)10-15(12-16)19(6,7)8/h10-13H,9H2,1-8H3. The molecule has 2 nitrogen and oxygen atoms in total. The Hall–Kier alpha value is -1.31. The van der Waals surface area contributed by atoms with Crippen LogP contribution in [0.15, 0.2) is 18.2 Å². The average Bonchev–Trinajstić information content (AvgIpc) is 2.35. The van der Waals surface area contributed by atoms with Gasteiger partial charge in [-0.3, -0.25) is 4.79 Å². The van der Waals surface area contributed by atoms with Crippen LogP contribution in [0.3, 0.4) is 0 Å². The zero-order valence-electron chi connectivity index (χ0n) is 14.8. The number of rotatable bonds is 3. The molecule has 1 atom stereocenters. The third kappa shape index (κ3) is 4.87. The molecule has 0 heterocycles. The summed E-state index contributed by atoms with van der Waals surface area (Å²) in [6.07, 6.45) is 0.796. The van der Waals surface area contributed by atoms with Gasteiger partial charge in [0.25, 0.3) is 0 Å². The van der Waals surface area contributed by atoms with Crippen LogP contribution in [0.25, 0.3) is 0 Å². The fraction of sp³-hybridized carbons (Fsp3) is 0.632. The third-order valence-electron chi connectivity index (χ3n) is 3.87. The van der Waals surface area contributed by atoms with Gasteiger partial charge in [0, 0.05) is 0 Å². The molecule has 2 heteroatoms. The van der Waals surface area contributed by atoms with Crippen molar-refractivity contribution < 1.29 is 9.53 Å². The van der Waals surface area contributed by atoms with Gasteiger partial charge in [0.1, 0.15) is 5.75 Å². The minimum atomic E-state index is -0.150. The lowest BCUT2D eigenvalue weighted by Gasteiger charge is -2.26. The van der Waals surface area contributed by atoms with Gasteiger partial charge in [-0.25, -0.2) is 0 Å².